The Kier molecular flexibility index (Phi) is 3.23. The Balaban J connectivity index is 1.55. The molecule has 0 spiro atoms. The first-order valence-corrected chi connectivity index (χ1v) is 8.86. The van der Waals surface area contributed by atoms with Gasteiger partial charge in [0.05, 0.1) is 0 Å². The summed E-state index contributed by atoms with van der Waals surface area (Å²) in [5, 5.41) is 0. The zero-order chi connectivity index (χ0) is 16.8. The molecule has 0 fully saturated rings. The van der Waals surface area contributed by atoms with Gasteiger partial charge in [-0.05, 0) is 43.0 Å². The minimum atomic E-state index is 0.408. The van der Waals surface area contributed by atoms with E-state index < -0.39 is 0 Å². The van der Waals surface area contributed by atoms with E-state index in [1.165, 1.54) is 22.5 Å². The molecule has 2 aromatic carbocycles. The third-order valence-electron chi connectivity index (χ3n) is 5.26. The quantitative estimate of drug-likeness (QED) is 0.704. The highest BCUT2D eigenvalue weighted by atomic mass is 15.3. The minimum absolute atomic E-state index is 0.408. The maximum atomic E-state index is 4.59. The first-order valence-electron chi connectivity index (χ1n) is 8.86. The van der Waals surface area contributed by atoms with Gasteiger partial charge in [-0.3, -0.25) is 0 Å². The van der Waals surface area contributed by atoms with Gasteiger partial charge in [0.2, 0.25) is 0 Å². The predicted molar refractivity (Wildman–Crippen MR) is 101 cm³/mol. The molecule has 0 aliphatic carbocycles. The van der Waals surface area contributed by atoms with Gasteiger partial charge in [-0.25, -0.2) is 9.97 Å². The number of para-hydroxylation sites is 2. The Morgan fingerprint density at radius 3 is 2.48 bits per heavy atom. The molecular formula is C21H20N4. The molecule has 1 aromatic heterocycles. The first-order chi connectivity index (χ1) is 12.3. The normalized spacial score (nSPS) is 18.4. The lowest BCUT2D eigenvalue weighted by Crippen LogP contribution is -2.25. The number of aromatic nitrogens is 2. The van der Waals surface area contributed by atoms with E-state index in [1.807, 2.05) is 0 Å². The number of nitrogens with zero attached hydrogens (tertiary/aromatic N) is 4. The molecule has 0 N–H and O–H groups in total. The van der Waals surface area contributed by atoms with Crippen LogP contribution in [0.5, 0.6) is 0 Å². The molecule has 25 heavy (non-hydrogen) atoms. The molecule has 124 valence electrons. The number of hydrogen-bond acceptors (Lipinski definition) is 4. The van der Waals surface area contributed by atoms with Crippen molar-refractivity contribution in [2.45, 2.75) is 25.8 Å². The molecule has 4 heteroatoms. The highest BCUT2D eigenvalue weighted by Gasteiger charge is 2.29. The van der Waals surface area contributed by atoms with Crippen LogP contribution in [0.3, 0.4) is 0 Å². The zero-order valence-electron chi connectivity index (χ0n) is 14.3. The predicted octanol–water partition coefficient (Wildman–Crippen LogP) is 4.25. The molecule has 2 aliphatic heterocycles. The number of rotatable bonds is 2. The summed E-state index contributed by atoms with van der Waals surface area (Å²) in [6.07, 6.45) is 3.82. The standard InChI is InChI=1S/C21H20N4/c1-15-12-17-7-3-5-9-19(17)25(15)21-13-20(22-14-23-21)24-11-10-16-6-2-4-8-18(16)24/h2-9,13-15H,10-12H2,1H3. The lowest BCUT2D eigenvalue weighted by molar-refractivity contribution is 0.748. The summed E-state index contributed by atoms with van der Waals surface area (Å²) in [7, 11) is 0. The molecule has 1 atom stereocenters. The Morgan fingerprint density at radius 1 is 0.880 bits per heavy atom. The molecule has 3 aromatic rings. The third-order valence-corrected chi connectivity index (χ3v) is 5.26. The van der Waals surface area contributed by atoms with Gasteiger partial charge >= 0.3 is 0 Å². The van der Waals surface area contributed by atoms with Crippen LogP contribution in [0.2, 0.25) is 0 Å². The summed E-state index contributed by atoms with van der Waals surface area (Å²) in [4.78, 5) is 13.8. The van der Waals surface area contributed by atoms with E-state index in [-0.39, 0.29) is 0 Å². The van der Waals surface area contributed by atoms with Crippen molar-refractivity contribution in [2.75, 3.05) is 16.3 Å². The van der Waals surface area contributed by atoms with Crippen LogP contribution in [-0.2, 0) is 12.8 Å². The highest BCUT2D eigenvalue weighted by molar-refractivity contribution is 5.73. The molecule has 0 amide bonds. The van der Waals surface area contributed by atoms with Gasteiger partial charge in [0.15, 0.2) is 0 Å². The van der Waals surface area contributed by atoms with Gasteiger partial charge in [0, 0.05) is 30.0 Å². The topological polar surface area (TPSA) is 32.3 Å². The van der Waals surface area contributed by atoms with Gasteiger partial charge < -0.3 is 9.80 Å². The lowest BCUT2D eigenvalue weighted by atomic mass is 10.1. The minimum Gasteiger partial charge on any atom is -0.326 e. The van der Waals surface area contributed by atoms with E-state index in [0.717, 1.165) is 31.0 Å². The van der Waals surface area contributed by atoms with Crippen LogP contribution < -0.4 is 9.80 Å². The van der Waals surface area contributed by atoms with Gasteiger partial charge in [-0.1, -0.05) is 36.4 Å². The van der Waals surface area contributed by atoms with Crippen molar-refractivity contribution < 1.29 is 0 Å². The van der Waals surface area contributed by atoms with Crippen molar-refractivity contribution in [1.29, 1.82) is 0 Å². The maximum absolute atomic E-state index is 4.59. The molecule has 1 unspecified atom stereocenters. The monoisotopic (exact) mass is 328 g/mol. The van der Waals surface area contributed by atoms with E-state index in [2.05, 4.69) is 81.3 Å². The van der Waals surface area contributed by atoms with Gasteiger partial charge in [-0.15, -0.1) is 0 Å². The Morgan fingerprint density at radius 2 is 1.60 bits per heavy atom. The summed E-state index contributed by atoms with van der Waals surface area (Å²) in [5.41, 5.74) is 5.31. The molecule has 0 saturated heterocycles. The second-order valence-corrected chi connectivity index (χ2v) is 6.82. The Hall–Kier alpha value is -2.88. The average molecular weight is 328 g/mol. The van der Waals surface area contributed by atoms with E-state index in [0.29, 0.717) is 6.04 Å². The molecule has 3 heterocycles. The van der Waals surface area contributed by atoms with Crippen molar-refractivity contribution in [1.82, 2.24) is 9.97 Å². The summed E-state index contributed by atoms with van der Waals surface area (Å²) in [6.45, 7) is 3.23. The third kappa shape index (κ3) is 2.29. The molecule has 2 aliphatic rings. The van der Waals surface area contributed by atoms with Crippen molar-refractivity contribution in [3.05, 3.63) is 72.1 Å². The van der Waals surface area contributed by atoms with Crippen LogP contribution in [0.25, 0.3) is 0 Å². The number of hydrogen-bond donors (Lipinski definition) is 0. The molecule has 4 nitrogen and oxygen atoms in total. The van der Waals surface area contributed by atoms with Crippen LogP contribution >= 0.6 is 0 Å². The van der Waals surface area contributed by atoms with Crippen LogP contribution in [0.1, 0.15) is 18.1 Å². The fourth-order valence-corrected chi connectivity index (χ4v) is 4.11. The van der Waals surface area contributed by atoms with E-state index in [4.69, 9.17) is 0 Å². The lowest BCUT2D eigenvalue weighted by Gasteiger charge is -2.25. The Labute approximate surface area is 147 Å². The van der Waals surface area contributed by atoms with Gasteiger partial charge in [0.1, 0.15) is 18.0 Å². The average Bonchev–Trinajstić information content (AvgIpc) is 3.22. The summed E-state index contributed by atoms with van der Waals surface area (Å²) in [5.74, 6) is 1.96. The first kappa shape index (κ1) is 14.5. The summed E-state index contributed by atoms with van der Waals surface area (Å²) >= 11 is 0. The Bertz CT molecular complexity index is 936. The van der Waals surface area contributed by atoms with Crippen LogP contribution in [-0.4, -0.2) is 22.6 Å². The molecule has 5 rings (SSSR count). The van der Waals surface area contributed by atoms with E-state index in [9.17, 15) is 0 Å². The molecule has 0 saturated carbocycles. The maximum Gasteiger partial charge on any atom is 0.138 e. The van der Waals surface area contributed by atoms with Gasteiger partial charge in [0.25, 0.3) is 0 Å². The SMILES string of the molecule is CC1Cc2ccccc2N1c1cc(N2CCc3ccccc32)ncn1. The molecular weight excluding hydrogens is 308 g/mol. The van der Waals surface area contributed by atoms with Crippen LogP contribution in [0, 0.1) is 0 Å². The highest BCUT2D eigenvalue weighted by Crippen LogP contribution is 2.39. The molecule has 0 radical (unpaired) electrons. The zero-order valence-corrected chi connectivity index (χ0v) is 14.3. The summed E-state index contributed by atoms with van der Waals surface area (Å²) in [6, 6.07) is 19.7. The molecule has 0 bridgehead atoms. The number of benzene rings is 2. The van der Waals surface area contributed by atoms with Crippen LogP contribution in [0.15, 0.2) is 60.9 Å². The van der Waals surface area contributed by atoms with Gasteiger partial charge in [-0.2, -0.15) is 0 Å². The van der Waals surface area contributed by atoms with Crippen molar-refractivity contribution in [2.24, 2.45) is 0 Å². The largest absolute Gasteiger partial charge is 0.326 e. The fraction of sp³-hybridized carbons (Fsp3) is 0.238. The summed E-state index contributed by atoms with van der Waals surface area (Å²) < 4.78 is 0. The second kappa shape index (κ2) is 5.59. The van der Waals surface area contributed by atoms with Crippen molar-refractivity contribution in [3.8, 4) is 0 Å². The van der Waals surface area contributed by atoms with E-state index >= 15 is 0 Å². The van der Waals surface area contributed by atoms with Crippen molar-refractivity contribution in [3.63, 3.8) is 0 Å². The fourth-order valence-electron chi connectivity index (χ4n) is 4.11. The number of anilines is 4. The second-order valence-electron chi connectivity index (χ2n) is 6.82. The smallest absolute Gasteiger partial charge is 0.138 e. The van der Waals surface area contributed by atoms with Crippen molar-refractivity contribution >= 4 is 23.0 Å². The number of fused-ring (bicyclic) bond motifs is 2. The van der Waals surface area contributed by atoms with E-state index in [1.54, 1.807) is 6.33 Å². The van der Waals surface area contributed by atoms with Crippen LogP contribution in [0.4, 0.5) is 23.0 Å².